The van der Waals surface area contributed by atoms with Crippen molar-refractivity contribution in [2.45, 2.75) is 12.5 Å². The Labute approximate surface area is 92.2 Å². The van der Waals surface area contributed by atoms with Gasteiger partial charge in [-0.2, -0.15) is 10.4 Å². The summed E-state index contributed by atoms with van der Waals surface area (Å²) < 4.78 is 0. The minimum atomic E-state index is -1.03. The zero-order valence-corrected chi connectivity index (χ0v) is 8.42. The topological polar surface area (TPSA) is 98.9 Å². The number of nitrogens with one attached hydrogen (secondary N) is 1. The number of nitrogens with zero attached hydrogens (tertiary/aromatic N) is 3. The van der Waals surface area contributed by atoms with E-state index in [1.807, 2.05) is 6.07 Å². The first-order chi connectivity index (χ1) is 7.69. The molecule has 1 aromatic heterocycles. The molecule has 2 N–H and O–H groups in total. The number of rotatable bonds is 5. The van der Waals surface area contributed by atoms with E-state index in [2.05, 4.69) is 22.1 Å². The molecule has 0 spiro atoms. The molecular formula is C10H10N4O2. The van der Waals surface area contributed by atoms with Crippen molar-refractivity contribution in [1.29, 1.82) is 5.26 Å². The SMILES string of the molecule is C=CCC(Nc1nnccc1C#N)C(=O)O. The first-order valence-corrected chi connectivity index (χ1v) is 4.51. The van der Waals surface area contributed by atoms with E-state index >= 15 is 0 Å². The predicted molar refractivity (Wildman–Crippen MR) is 56.6 cm³/mol. The number of nitriles is 1. The summed E-state index contributed by atoms with van der Waals surface area (Å²) in [4.78, 5) is 10.9. The van der Waals surface area contributed by atoms with Gasteiger partial charge in [0, 0.05) is 0 Å². The van der Waals surface area contributed by atoms with Crippen LogP contribution in [0.1, 0.15) is 12.0 Å². The van der Waals surface area contributed by atoms with Crippen LogP contribution in [0.25, 0.3) is 0 Å². The van der Waals surface area contributed by atoms with Crippen LogP contribution >= 0.6 is 0 Å². The molecule has 0 bridgehead atoms. The van der Waals surface area contributed by atoms with Crippen LogP contribution in [0, 0.1) is 11.3 Å². The molecule has 82 valence electrons. The van der Waals surface area contributed by atoms with Gasteiger partial charge in [0.05, 0.1) is 11.8 Å². The second-order valence-electron chi connectivity index (χ2n) is 2.96. The summed E-state index contributed by atoms with van der Waals surface area (Å²) in [5.74, 6) is -0.867. The van der Waals surface area contributed by atoms with Gasteiger partial charge in [0.1, 0.15) is 12.1 Å². The van der Waals surface area contributed by atoms with Crippen LogP contribution in [0.5, 0.6) is 0 Å². The van der Waals surface area contributed by atoms with Gasteiger partial charge in [0.25, 0.3) is 0 Å². The second-order valence-corrected chi connectivity index (χ2v) is 2.96. The van der Waals surface area contributed by atoms with Crippen LogP contribution in [0.4, 0.5) is 5.82 Å². The van der Waals surface area contributed by atoms with E-state index in [1.165, 1.54) is 18.3 Å². The van der Waals surface area contributed by atoms with E-state index in [1.54, 1.807) is 0 Å². The third kappa shape index (κ3) is 2.78. The molecule has 0 aliphatic rings. The van der Waals surface area contributed by atoms with Crippen LogP contribution in [0.3, 0.4) is 0 Å². The van der Waals surface area contributed by atoms with Gasteiger partial charge in [-0.25, -0.2) is 4.79 Å². The quantitative estimate of drug-likeness (QED) is 0.709. The van der Waals surface area contributed by atoms with Crippen molar-refractivity contribution in [3.8, 4) is 6.07 Å². The maximum atomic E-state index is 10.9. The van der Waals surface area contributed by atoms with Gasteiger partial charge >= 0.3 is 5.97 Å². The number of carboxylic acid groups (broad SMARTS) is 1. The number of hydrogen-bond donors (Lipinski definition) is 2. The Kier molecular flexibility index (Phi) is 3.98. The summed E-state index contributed by atoms with van der Waals surface area (Å²) in [6, 6.07) is 2.50. The monoisotopic (exact) mass is 218 g/mol. The van der Waals surface area contributed by atoms with Crippen LogP contribution in [0.2, 0.25) is 0 Å². The molecule has 0 radical (unpaired) electrons. The summed E-state index contributed by atoms with van der Waals surface area (Å²) >= 11 is 0. The lowest BCUT2D eigenvalue weighted by Gasteiger charge is -2.12. The lowest BCUT2D eigenvalue weighted by Crippen LogP contribution is -2.29. The van der Waals surface area contributed by atoms with Crippen molar-refractivity contribution in [2.24, 2.45) is 0 Å². The molecule has 6 nitrogen and oxygen atoms in total. The average molecular weight is 218 g/mol. The van der Waals surface area contributed by atoms with Gasteiger partial charge in [-0.15, -0.1) is 11.7 Å². The molecule has 16 heavy (non-hydrogen) atoms. The normalized spacial score (nSPS) is 11.2. The second kappa shape index (κ2) is 5.46. The van der Waals surface area contributed by atoms with Gasteiger partial charge in [0.2, 0.25) is 0 Å². The molecule has 0 saturated carbocycles. The Balaban J connectivity index is 2.89. The highest BCUT2D eigenvalue weighted by molar-refractivity contribution is 5.77. The summed E-state index contributed by atoms with van der Waals surface area (Å²) in [6.45, 7) is 3.46. The third-order valence-corrected chi connectivity index (χ3v) is 1.85. The Morgan fingerprint density at radius 2 is 2.56 bits per heavy atom. The first kappa shape index (κ1) is 11.7. The smallest absolute Gasteiger partial charge is 0.326 e. The molecule has 6 heteroatoms. The first-order valence-electron chi connectivity index (χ1n) is 4.51. The number of anilines is 1. The lowest BCUT2D eigenvalue weighted by atomic mass is 10.2. The van der Waals surface area contributed by atoms with Crippen LogP contribution in [-0.4, -0.2) is 27.3 Å². The zero-order chi connectivity index (χ0) is 12.0. The molecule has 1 aromatic rings. The molecule has 0 aliphatic carbocycles. The zero-order valence-electron chi connectivity index (χ0n) is 8.42. The van der Waals surface area contributed by atoms with Crippen LogP contribution < -0.4 is 5.32 Å². The van der Waals surface area contributed by atoms with E-state index in [0.29, 0.717) is 0 Å². The van der Waals surface area contributed by atoms with Gasteiger partial charge < -0.3 is 10.4 Å². The molecule has 0 saturated heterocycles. The predicted octanol–water partition coefficient (Wildman–Crippen LogP) is 0.789. The Morgan fingerprint density at radius 1 is 1.81 bits per heavy atom. The Hall–Kier alpha value is -2.42. The third-order valence-electron chi connectivity index (χ3n) is 1.85. The fourth-order valence-corrected chi connectivity index (χ4v) is 1.08. The van der Waals surface area contributed by atoms with Gasteiger partial charge in [-0.3, -0.25) is 0 Å². The molecule has 1 heterocycles. The van der Waals surface area contributed by atoms with E-state index in [-0.39, 0.29) is 17.8 Å². The average Bonchev–Trinajstić information content (AvgIpc) is 2.29. The van der Waals surface area contributed by atoms with Crippen LogP contribution in [0.15, 0.2) is 24.9 Å². The van der Waals surface area contributed by atoms with Crippen molar-refractivity contribution < 1.29 is 9.90 Å². The summed E-state index contributed by atoms with van der Waals surface area (Å²) in [6.07, 6.45) is 3.08. The maximum Gasteiger partial charge on any atom is 0.326 e. The van der Waals surface area contributed by atoms with Crippen molar-refractivity contribution in [2.75, 3.05) is 5.32 Å². The Morgan fingerprint density at radius 3 is 3.12 bits per heavy atom. The van der Waals surface area contributed by atoms with E-state index in [0.717, 1.165) is 0 Å². The number of aromatic nitrogens is 2. The van der Waals surface area contributed by atoms with E-state index < -0.39 is 12.0 Å². The summed E-state index contributed by atoms with van der Waals surface area (Å²) in [5.41, 5.74) is 0.255. The maximum absolute atomic E-state index is 10.9. The van der Waals surface area contributed by atoms with Gasteiger partial charge in [-0.05, 0) is 12.5 Å². The van der Waals surface area contributed by atoms with Crippen molar-refractivity contribution >= 4 is 11.8 Å². The van der Waals surface area contributed by atoms with Gasteiger partial charge in [-0.1, -0.05) is 6.08 Å². The molecule has 0 aliphatic heterocycles. The van der Waals surface area contributed by atoms with Gasteiger partial charge in [0.15, 0.2) is 5.82 Å². The highest BCUT2D eigenvalue weighted by Gasteiger charge is 2.17. The molecule has 1 unspecified atom stereocenters. The standard InChI is InChI=1S/C10H10N4O2/c1-2-3-8(10(15)16)13-9-7(6-11)4-5-12-14-9/h2,4-5,8H,1,3H2,(H,13,14)(H,15,16). The molecule has 0 aromatic carbocycles. The number of carboxylic acids is 1. The highest BCUT2D eigenvalue weighted by Crippen LogP contribution is 2.11. The highest BCUT2D eigenvalue weighted by atomic mass is 16.4. The minimum Gasteiger partial charge on any atom is -0.480 e. The van der Waals surface area contributed by atoms with Crippen LogP contribution in [-0.2, 0) is 4.79 Å². The Bertz CT molecular complexity index is 439. The number of hydrogen-bond acceptors (Lipinski definition) is 5. The molecule has 0 amide bonds. The lowest BCUT2D eigenvalue weighted by molar-refractivity contribution is -0.137. The molecule has 1 rings (SSSR count). The summed E-state index contributed by atoms with van der Waals surface area (Å²) in [7, 11) is 0. The van der Waals surface area contributed by atoms with E-state index in [9.17, 15) is 4.79 Å². The van der Waals surface area contributed by atoms with Crippen molar-refractivity contribution in [3.05, 3.63) is 30.5 Å². The molecular weight excluding hydrogens is 208 g/mol. The minimum absolute atomic E-state index is 0.166. The number of aliphatic carboxylic acids is 1. The van der Waals surface area contributed by atoms with Crippen molar-refractivity contribution in [3.63, 3.8) is 0 Å². The fourth-order valence-electron chi connectivity index (χ4n) is 1.08. The number of carbonyl (C=O) groups is 1. The molecule has 0 fully saturated rings. The largest absolute Gasteiger partial charge is 0.480 e. The fraction of sp³-hybridized carbons (Fsp3) is 0.200. The van der Waals surface area contributed by atoms with E-state index in [4.69, 9.17) is 10.4 Å². The summed E-state index contributed by atoms with van der Waals surface area (Å²) in [5, 5.41) is 27.6. The van der Waals surface area contributed by atoms with Crippen molar-refractivity contribution in [1.82, 2.24) is 10.2 Å². The molecule has 1 atom stereocenters.